The summed E-state index contributed by atoms with van der Waals surface area (Å²) < 4.78 is 19.3. The molecule has 1 saturated heterocycles. The lowest BCUT2D eigenvalue weighted by Crippen LogP contribution is -2.48. The van der Waals surface area contributed by atoms with Gasteiger partial charge in [-0.05, 0) is 55.0 Å². The number of rotatable bonds is 9. The molecule has 0 unspecified atom stereocenters. The third-order valence-electron chi connectivity index (χ3n) is 4.65. The summed E-state index contributed by atoms with van der Waals surface area (Å²) in [4.78, 5) is 4.75. The van der Waals surface area contributed by atoms with Crippen LogP contribution in [0, 0.1) is 5.82 Å². The van der Waals surface area contributed by atoms with Crippen LogP contribution in [0.4, 0.5) is 4.39 Å². The maximum absolute atomic E-state index is 13.5. The fraction of sp³-hybridized carbons (Fsp3) is 0.650. The second kappa shape index (κ2) is 13.9. The molecule has 0 saturated carbocycles. The number of nitrogens with one attached hydrogen (secondary N) is 2. The van der Waals surface area contributed by atoms with Crippen LogP contribution >= 0.6 is 47.5 Å². The highest BCUT2D eigenvalue weighted by Crippen LogP contribution is 2.34. The van der Waals surface area contributed by atoms with E-state index in [4.69, 9.17) is 9.73 Å². The lowest BCUT2D eigenvalue weighted by molar-refractivity contribution is 0.0782. The summed E-state index contributed by atoms with van der Waals surface area (Å²) in [5, 5.41) is 6.87. The largest absolute Gasteiger partial charge is 0.381 e. The Morgan fingerprint density at radius 1 is 1.21 bits per heavy atom. The van der Waals surface area contributed by atoms with Gasteiger partial charge in [0.05, 0.1) is 6.54 Å². The molecule has 4 nitrogen and oxygen atoms in total. The molecule has 1 fully saturated rings. The maximum Gasteiger partial charge on any atom is 0.191 e. The van der Waals surface area contributed by atoms with E-state index in [2.05, 4.69) is 24.5 Å². The molecule has 8 heteroatoms. The van der Waals surface area contributed by atoms with E-state index in [1.807, 2.05) is 24.1 Å². The van der Waals surface area contributed by atoms with Crippen LogP contribution in [-0.2, 0) is 17.0 Å². The molecular weight excluding hydrogens is 508 g/mol. The van der Waals surface area contributed by atoms with Gasteiger partial charge in [-0.1, -0.05) is 13.0 Å². The first-order chi connectivity index (χ1) is 13.1. The highest BCUT2D eigenvalue weighted by Gasteiger charge is 2.32. The number of guanidine groups is 1. The van der Waals surface area contributed by atoms with E-state index in [1.54, 1.807) is 17.8 Å². The molecular formula is C20H33FIN3OS2. The second-order valence-electron chi connectivity index (χ2n) is 6.62. The monoisotopic (exact) mass is 541 g/mol. The van der Waals surface area contributed by atoms with Gasteiger partial charge in [-0.15, -0.1) is 24.0 Å². The van der Waals surface area contributed by atoms with Crippen LogP contribution in [0.3, 0.4) is 0 Å². The molecule has 2 N–H and O–H groups in total. The third-order valence-corrected chi connectivity index (χ3v) is 6.71. The molecule has 2 rings (SSSR count). The molecule has 1 heterocycles. The van der Waals surface area contributed by atoms with Gasteiger partial charge in [-0.25, -0.2) is 9.38 Å². The molecule has 0 aromatic heterocycles. The van der Waals surface area contributed by atoms with Gasteiger partial charge in [-0.3, -0.25) is 0 Å². The minimum atomic E-state index is -0.185. The van der Waals surface area contributed by atoms with Crippen molar-refractivity contribution < 1.29 is 9.13 Å². The first-order valence-corrected chi connectivity index (χ1v) is 12.0. The summed E-state index contributed by atoms with van der Waals surface area (Å²) >= 11 is 3.71. The minimum Gasteiger partial charge on any atom is -0.381 e. The van der Waals surface area contributed by atoms with Crippen LogP contribution in [0.2, 0.25) is 0 Å². The van der Waals surface area contributed by atoms with Gasteiger partial charge in [0, 0.05) is 36.8 Å². The number of aliphatic imine (C=N–C) groups is 1. The number of hydrogen-bond donors (Lipinski definition) is 2. The van der Waals surface area contributed by atoms with E-state index in [-0.39, 0.29) is 34.5 Å². The number of halogens is 2. The van der Waals surface area contributed by atoms with E-state index in [9.17, 15) is 4.39 Å². The average molecular weight is 542 g/mol. The van der Waals surface area contributed by atoms with Crippen molar-refractivity contribution in [1.29, 1.82) is 0 Å². The van der Waals surface area contributed by atoms with Crippen molar-refractivity contribution in [3.8, 4) is 0 Å². The van der Waals surface area contributed by atoms with Gasteiger partial charge in [0.1, 0.15) is 5.82 Å². The normalized spacial score (nSPS) is 16.4. The smallest absolute Gasteiger partial charge is 0.191 e. The summed E-state index contributed by atoms with van der Waals surface area (Å²) in [7, 11) is 0. The number of thioether (sulfide) groups is 2. The fourth-order valence-electron chi connectivity index (χ4n) is 3.21. The summed E-state index contributed by atoms with van der Waals surface area (Å²) in [6, 6.07) is 4.99. The summed E-state index contributed by atoms with van der Waals surface area (Å²) in [5.74, 6) is 2.53. The molecule has 1 aliphatic rings. The zero-order chi connectivity index (χ0) is 19.5. The Balaban J connectivity index is 0.00000392. The van der Waals surface area contributed by atoms with Crippen molar-refractivity contribution in [3.05, 3.63) is 35.1 Å². The van der Waals surface area contributed by atoms with E-state index < -0.39 is 0 Å². The van der Waals surface area contributed by atoms with E-state index >= 15 is 0 Å². The standard InChI is InChI=1S/C20H32FN3OS2.HI/c1-4-22-19(24-15-20(27-5-2)8-10-25-11-9-20)23-13-16-6-7-18(21)12-17(16)14-26-3;/h6-7,12H,4-5,8-11,13-15H2,1-3H3,(H2,22,23,24);1H. The molecule has 0 spiro atoms. The van der Waals surface area contributed by atoms with Crippen LogP contribution in [0.1, 0.15) is 37.8 Å². The van der Waals surface area contributed by atoms with Crippen molar-refractivity contribution in [3.63, 3.8) is 0 Å². The lowest BCUT2D eigenvalue weighted by atomic mass is 9.99. The van der Waals surface area contributed by atoms with Crippen molar-refractivity contribution in [2.75, 3.05) is 38.3 Å². The third kappa shape index (κ3) is 8.28. The van der Waals surface area contributed by atoms with Gasteiger partial charge in [0.2, 0.25) is 0 Å². The zero-order valence-corrected chi connectivity index (χ0v) is 21.0. The predicted molar refractivity (Wildman–Crippen MR) is 133 cm³/mol. The Bertz CT molecular complexity index is 608. The van der Waals surface area contributed by atoms with Gasteiger partial charge in [0.15, 0.2) is 5.96 Å². The van der Waals surface area contributed by atoms with Crippen molar-refractivity contribution >= 4 is 53.5 Å². The Hall–Kier alpha value is -0.190. The van der Waals surface area contributed by atoms with Gasteiger partial charge in [-0.2, -0.15) is 23.5 Å². The lowest BCUT2D eigenvalue weighted by Gasteiger charge is -2.37. The van der Waals surface area contributed by atoms with Crippen LogP contribution in [0.15, 0.2) is 23.2 Å². The Kier molecular flexibility index (Phi) is 12.9. The van der Waals surface area contributed by atoms with Crippen molar-refractivity contribution in [2.45, 2.75) is 43.7 Å². The topological polar surface area (TPSA) is 45.7 Å². The zero-order valence-electron chi connectivity index (χ0n) is 17.1. The van der Waals surface area contributed by atoms with Gasteiger partial charge in [0.25, 0.3) is 0 Å². The van der Waals surface area contributed by atoms with Crippen molar-refractivity contribution in [2.24, 2.45) is 4.99 Å². The molecule has 0 radical (unpaired) electrons. The summed E-state index contributed by atoms with van der Waals surface area (Å²) in [5.41, 5.74) is 2.09. The van der Waals surface area contributed by atoms with Crippen LogP contribution < -0.4 is 10.6 Å². The van der Waals surface area contributed by atoms with Crippen molar-refractivity contribution in [1.82, 2.24) is 10.6 Å². The summed E-state index contributed by atoms with van der Waals surface area (Å²) in [6.07, 6.45) is 4.16. The molecule has 0 bridgehead atoms. The molecule has 28 heavy (non-hydrogen) atoms. The Labute approximate surface area is 194 Å². The number of hydrogen-bond acceptors (Lipinski definition) is 4. The predicted octanol–water partition coefficient (Wildman–Crippen LogP) is 4.66. The SMILES string of the molecule is CCNC(=NCc1ccc(F)cc1CSC)NCC1(SCC)CCOCC1.I. The van der Waals surface area contributed by atoms with Crippen LogP contribution in [-0.4, -0.2) is 49.0 Å². The molecule has 0 atom stereocenters. The first-order valence-electron chi connectivity index (χ1n) is 9.62. The molecule has 0 amide bonds. The van der Waals surface area contributed by atoms with Crippen LogP contribution in [0.5, 0.6) is 0 Å². The number of benzene rings is 1. The van der Waals surface area contributed by atoms with E-state index in [0.717, 1.165) is 67.7 Å². The Morgan fingerprint density at radius 2 is 1.96 bits per heavy atom. The number of nitrogens with zero attached hydrogens (tertiary/aromatic N) is 1. The summed E-state index contributed by atoms with van der Waals surface area (Å²) in [6.45, 7) is 8.17. The molecule has 1 aliphatic heterocycles. The fourth-order valence-corrected chi connectivity index (χ4v) is 5.03. The Morgan fingerprint density at radius 3 is 2.61 bits per heavy atom. The highest BCUT2D eigenvalue weighted by molar-refractivity contribution is 14.0. The second-order valence-corrected chi connectivity index (χ2v) is 9.22. The molecule has 1 aromatic carbocycles. The van der Waals surface area contributed by atoms with Crippen LogP contribution in [0.25, 0.3) is 0 Å². The van der Waals surface area contributed by atoms with Gasteiger partial charge >= 0.3 is 0 Å². The quantitative estimate of drug-likeness (QED) is 0.271. The maximum atomic E-state index is 13.5. The van der Waals surface area contributed by atoms with Gasteiger partial charge < -0.3 is 15.4 Å². The molecule has 1 aromatic rings. The first kappa shape index (κ1) is 25.8. The highest BCUT2D eigenvalue weighted by atomic mass is 127. The molecule has 0 aliphatic carbocycles. The molecule has 160 valence electrons. The van der Waals surface area contributed by atoms with E-state index in [1.165, 1.54) is 6.07 Å². The minimum absolute atomic E-state index is 0. The number of ether oxygens (including phenoxy) is 1. The van der Waals surface area contributed by atoms with E-state index in [0.29, 0.717) is 6.54 Å². The average Bonchev–Trinajstić information content (AvgIpc) is 2.66.